The van der Waals surface area contributed by atoms with Crippen LogP contribution in [0.25, 0.3) is 5.69 Å². The zero-order chi connectivity index (χ0) is 20.4. The van der Waals surface area contributed by atoms with Gasteiger partial charge in [0.2, 0.25) is 0 Å². The molecule has 1 amide bonds. The molecule has 0 saturated heterocycles. The number of carbonyl (C=O) groups excluding carboxylic acids is 1. The van der Waals surface area contributed by atoms with Crippen LogP contribution in [-0.4, -0.2) is 29.4 Å². The molecule has 0 radical (unpaired) electrons. The normalized spacial score (nSPS) is 14.8. The van der Waals surface area contributed by atoms with E-state index in [4.69, 9.17) is 0 Å². The maximum Gasteiger partial charge on any atom is 0.276 e. The van der Waals surface area contributed by atoms with Gasteiger partial charge in [0.15, 0.2) is 15.5 Å². The van der Waals surface area contributed by atoms with Crippen LogP contribution < -0.4 is 5.32 Å². The summed E-state index contributed by atoms with van der Waals surface area (Å²) < 4.78 is 40.4. The largest absolute Gasteiger partial charge is 0.321 e. The number of sulfone groups is 1. The Balaban J connectivity index is 1.47. The number of rotatable bonds is 5. The minimum absolute atomic E-state index is 0.121. The molecule has 0 unspecified atom stereocenters. The number of benzene rings is 2. The summed E-state index contributed by atoms with van der Waals surface area (Å²) in [5, 5.41) is 6.48. The van der Waals surface area contributed by atoms with Crippen LogP contribution in [0.4, 0.5) is 10.1 Å². The summed E-state index contributed by atoms with van der Waals surface area (Å²) in [7, 11) is -3.33. The highest BCUT2D eigenvalue weighted by molar-refractivity contribution is 7.92. The molecule has 1 N–H and O–H groups in total. The van der Waals surface area contributed by atoms with E-state index in [1.165, 1.54) is 35.1 Å². The number of halogens is 1. The highest BCUT2D eigenvalue weighted by Gasteiger charge is 2.30. The molecule has 0 bridgehead atoms. The van der Waals surface area contributed by atoms with E-state index in [0.29, 0.717) is 18.5 Å². The molecule has 1 fully saturated rings. The lowest BCUT2D eigenvalue weighted by molar-refractivity contribution is 0.102. The van der Waals surface area contributed by atoms with E-state index in [-0.39, 0.29) is 21.5 Å². The van der Waals surface area contributed by atoms with Gasteiger partial charge >= 0.3 is 0 Å². The first kappa shape index (κ1) is 19.3. The Hall–Kier alpha value is -3.00. The van der Waals surface area contributed by atoms with Gasteiger partial charge in [-0.3, -0.25) is 4.79 Å². The van der Waals surface area contributed by atoms with E-state index in [1.807, 2.05) is 0 Å². The molecule has 1 heterocycles. The molecular formula is C21H20FN3O3S. The molecule has 3 aromatic rings. The van der Waals surface area contributed by atoms with E-state index < -0.39 is 21.6 Å². The Morgan fingerprint density at radius 1 is 1.03 bits per heavy atom. The maximum absolute atomic E-state index is 13.9. The minimum Gasteiger partial charge on any atom is -0.321 e. The standard InChI is InChI=1S/C21H20FN3O3S/c22-18-7-3-4-8-20(18)25-14-13-19(24-25)21(26)23-15-9-11-17(12-10-15)29(27,28)16-5-1-2-6-16/h3-4,7-14,16H,1-2,5-6H2,(H,23,26). The lowest BCUT2D eigenvalue weighted by atomic mass is 10.3. The highest BCUT2D eigenvalue weighted by Crippen LogP contribution is 2.30. The van der Waals surface area contributed by atoms with Gasteiger partial charge in [-0.25, -0.2) is 17.5 Å². The molecule has 1 aliphatic carbocycles. The van der Waals surface area contributed by atoms with Crippen molar-refractivity contribution in [3.8, 4) is 5.69 Å². The van der Waals surface area contributed by atoms with Gasteiger partial charge in [-0.05, 0) is 55.3 Å². The molecule has 2 aromatic carbocycles. The van der Waals surface area contributed by atoms with E-state index in [1.54, 1.807) is 30.3 Å². The van der Waals surface area contributed by atoms with Crippen molar-refractivity contribution in [2.45, 2.75) is 35.8 Å². The predicted octanol–water partition coefficient (Wildman–Crippen LogP) is 3.98. The van der Waals surface area contributed by atoms with Gasteiger partial charge in [0.1, 0.15) is 11.5 Å². The number of hydrogen-bond donors (Lipinski definition) is 1. The summed E-state index contributed by atoms with van der Waals surface area (Å²) in [5.74, 6) is -0.909. The number of carbonyl (C=O) groups is 1. The third-order valence-corrected chi connectivity index (χ3v) is 7.38. The number of aromatic nitrogens is 2. The first-order valence-electron chi connectivity index (χ1n) is 9.41. The lowest BCUT2D eigenvalue weighted by Gasteiger charge is -2.11. The van der Waals surface area contributed by atoms with Crippen molar-refractivity contribution in [3.63, 3.8) is 0 Å². The fourth-order valence-corrected chi connectivity index (χ4v) is 5.39. The Morgan fingerprint density at radius 2 is 1.72 bits per heavy atom. The molecule has 4 rings (SSSR count). The van der Waals surface area contributed by atoms with E-state index in [9.17, 15) is 17.6 Å². The van der Waals surface area contributed by atoms with Crippen molar-refractivity contribution in [1.29, 1.82) is 0 Å². The van der Waals surface area contributed by atoms with Crippen molar-refractivity contribution in [1.82, 2.24) is 9.78 Å². The number of hydrogen-bond acceptors (Lipinski definition) is 4. The molecule has 0 atom stereocenters. The third-order valence-electron chi connectivity index (χ3n) is 5.10. The smallest absolute Gasteiger partial charge is 0.276 e. The van der Waals surface area contributed by atoms with Crippen LogP contribution in [0.1, 0.15) is 36.2 Å². The minimum atomic E-state index is -3.33. The van der Waals surface area contributed by atoms with Crippen LogP contribution in [0, 0.1) is 5.82 Å². The second-order valence-corrected chi connectivity index (χ2v) is 9.26. The molecule has 1 aliphatic rings. The third kappa shape index (κ3) is 3.93. The van der Waals surface area contributed by atoms with Crippen molar-refractivity contribution >= 4 is 21.4 Å². The molecule has 6 nitrogen and oxygen atoms in total. The highest BCUT2D eigenvalue weighted by atomic mass is 32.2. The van der Waals surface area contributed by atoms with Crippen molar-refractivity contribution in [2.75, 3.05) is 5.32 Å². The van der Waals surface area contributed by atoms with Gasteiger partial charge in [0.25, 0.3) is 5.91 Å². The van der Waals surface area contributed by atoms with Crippen LogP contribution in [-0.2, 0) is 9.84 Å². The zero-order valence-corrected chi connectivity index (χ0v) is 16.4. The summed E-state index contributed by atoms with van der Waals surface area (Å²) >= 11 is 0. The Labute approximate surface area is 168 Å². The number of nitrogens with one attached hydrogen (secondary N) is 1. The van der Waals surface area contributed by atoms with Crippen LogP contribution in [0.3, 0.4) is 0 Å². The average molecular weight is 413 g/mol. The number of anilines is 1. The summed E-state index contributed by atoms with van der Waals surface area (Å²) in [5.41, 5.74) is 0.824. The summed E-state index contributed by atoms with van der Waals surface area (Å²) in [6.07, 6.45) is 4.79. The van der Waals surface area contributed by atoms with Crippen LogP contribution in [0.2, 0.25) is 0 Å². The summed E-state index contributed by atoms with van der Waals surface area (Å²) in [4.78, 5) is 12.7. The predicted molar refractivity (Wildman–Crippen MR) is 107 cm³/mol. The van der Waals surface area contributed by atoms with Gasteiger partial charge in [-0.1, -0.05) is 25.0 Å². The topological polar surface area (TPSA) is 81.1 Å². The molecule has 29 heavy (non-hydrogen) atoms. The Bertz CT molecular complexity index is 1130. The summed E-state index contributed by atoms with van der Waals surface area (Å²) in [6.45, 7) is 0. The Kier molecular flexibility index (Phi) is 5.19. The second kappa shape index (κ2) is 7.79. The van der Waals surface area contributed by atoms with Crippen molar-refractivity contribution < 1.29 is 17.6 Å². The van der Waals surface area contributed by atoms with E-state index >= 15 is 0 Å². The van der Waals surface area contributed by atoms with Crippen LogP contribution >= 0.6 is 0 Å². The fourth-order valence-electron chi connectivity index (χ4n) is 3.53. The lowest BCUT2D eigenvalue weighted by Crippen LogP contribution is -2.18. The number of amides is 1. The number of para-hydroxylation sites is 1. The van der Waals surface area contributed by atoms with Gasteiger partial charge in [0.05, 0.1) is 10.1 Å². The van der Waals surface area contributed by atoms with E-state index in [0.717, 1.165) is 12.8 Å². The molecule has 0 spiro atoms. The zero-order valence-electron chi connectivity index (χ0n) is 15.6. The van der Waals surface area contributed by atoms with Crippen LogP contribution in [0.5, 0.6) is 0 Å². The van der Waals surface area contributed by atoms with Gasteiger partial charge in [0, 0.05) is 11.9 Å². The molecule has 150 valence electrons. The van der Waals surface area contributed by atoms with Crippen LogP contribution in [0.15, 0.2) is 65.7 Å². The van der Waals surface area contributed by atoms with Crippen molar-refractivity contribution in [3.05, 3.63) is 72.3 Å². The first-order chi connectivity index (χ1) is 13.9. The second-order valence-electron chi connectivity index (χ2n) is 7.03. The molecule has 0 aliphatic heterocycles. The maximum atomic E-state index is 13.9. The van der Waals surface area contributed by atoms with Gasteiger partial charge < -0.3 is 5.32 Å². The molecule has 1 aromatic heterocycles. The first-order valence-corrected chi connectivity index (χ1v) is 11.0. The number of nitrogens with zero attached hydrogens (tertiary/aromatic N) is 2. The van der Waals surface area contributed by atoms with Gasteiger partial charge in [-0.15, -0.1) is 0 Å². The van der Waals surface area contributed by atoms with E-state index in [2.05, 4.69) is 10.4 Å². The average Bonchev–Trinajstić information content (AvgIpc) is 3.41. The molecule has 1 saturated carbocycles. The Morgan fingerprint density at radius 3 is 2.41 bits per heavy atom. The quantitative estimate of drug-likeness (QED) is 0.686. The summed E-state index contributed by atoms with van der Waals surface area (Å²) in [6, 6.07) is 13.8. The van der Waals surface area contributed by atoms with Gasteiger partial charge in [-0.2, -0.15) is 5.10 Å². The monoisotopic (exact) mass is 413 g/mol. The SMILES string of the molecule is O=C(Nc1ccc(S(=O)(=O)C2CCCC2)cc1)c1ccn(-c2ccccc2F)n1. The molecule has 8 heteroatoms. The molecular weight excluding hydrogens is 393 g/mol. The van der Waals surface area contributed by atoms with Crippen molar-refractivity contribution in [2.24, 2.45) is 0 Å². The fraction of sp³-hybridized carbons (Fsp3) is 0.238.